The Morgan fingerprint density at radius 3 is 2.44 bits per heavy atom. The lowest BCUT2D eigenvalue weighted by molar-refractivity contribution is 0.101. The van der Waals surface area contributed by atoms with Gasteiger partial charge in [-0.15, -0.1) is 0 Å². The first kappa shape index (κ1) is 12.6. The Morgan fingerprint density at radius 1 is 1.31 bits per heavy atom. The molecule has 3 heteroatoms. The predicted molar refractivity (Wildman–Crippen MR) is 65.8 cm³/mol. The van der Waals surface area contributed by atoms with Crippen molar-refractivity contribution in [3.05, 3.63) is 23.8 Å². The van der Waals surface area contributed by atoms with Crippen LogP contribution in [0.25, 0.3) is 0 Å². The van der Waals surface area contributed by atoms with Crippen molar-refractivity contribution in [1.82, 2.24) is 0 Å². The van der Waals surface area contributed by atoms with Crippen LogP contribution in [-0.2, 0) is 0 Å². The first-order valence-electron chi connectivity index (χ1n) is 5.49. The van der Waals surface area contributed by atoms with Crippen molar-refractivity contribution in [2.45, 2.75) is 33.8 Å². The van der Waals surface area contributed by atoms with E-state index in [4.69, 9.17) is 10.5 Å². The number of ketones is 1. The highest BCUT2D eigenvalue weighted by molar-refractivity contribution is 5.99. The summed E-state index contributed by atoms with van der Waals surface area (Å²) in [7, 11) is 0. The van der Waals surface area contributed by atoms with Crippen LogP contribution < -0.4 is 10.5 Å². The van der Waals surface area contributed by atoms with E-state index in [1.54, 1.807) is 18.2 Å². The topological polar surface area (TPSA) is 52.3 Å². The minimum atomic E-state index is -0.0415. The maximum atomic E-state index is 11.3. The van der Waals surface area contributed by atoms with E-state index in [2.05, 4.69) is 13.8 Å². The summed E-state index contributed by atoms with van der Waals surface area (Å²) < 4.78 is 5.71. The third-order valence-electron chi connectivity index (χ3n) is 2.66. The van der Waals surface area contributed by atoms with E-state index in [1.165, 1.54) is 6.92 Å². The zero-order chi connectivity index (χ0) is 12.3. The molecule has 16 heavy (non-hydrogen) atoms. The van der Waals surface area contributed by atoms with Crippen LogP contribution in [0.1, 0.15) is 38.1 Å². The molecule has 1 aromatic carbocycles. The first-order valence-corrected chi connectivity index (χ1v) is 5.49. The molecule has 0 saturated heterocycles. The third-order valence-corrected chi connectivity index (χ3v) is 2.66. The van der Waals surface area contributed by atoms with Gasteiger partial charge in [0.05, 0.1) is 6.10 Å². The number of hydrogen-bond acceptors (Lipinski definition) is 3. The average Bonchev–Trinajstić information content (AvgIpc) is 2.20. The smallest absolute Gasteiger partial charge is 0.162 e. The van der Waals surface area contributed by atoms with E-state index < -0.39 is 0 Å². The molecule has 2 N–H and O–H groups in total. The molecular formula is C13H19NO2. The van der Waals surface area contributed by atoms with E-state index in [0.717, 1.165) is 0 Å². The number of rotatable bonds is 4. The molecule has 0 spiro atoms. The molecule has 1 atom stereocenters. The van der Waals surface area contributed by atoms with Crippen molar-refractivity contribution in [3.8, 4) is 5.75 Å². The first-order chi connectivity index (χ1) is 7.41. The summed E-state index contributed by atoms with van der Waals surface area (Å²) >= 11 is 0. The molecule has 0 aromatic heterocycles. The minimum Gasteiger partial charge on any atom is -0.490 e. The van der Waals surface area contributed by atoms with Crippen LogP contribution in [-0.4, -0.2) is 11.9 Å². The summed E-state index contributed by atoms with van der Waals surface area (Å²) in [5.41, 5.74) is 6.72. The largest absolute Gasteiger partial charge is 0.490 e. The van der Waals surface area contributed by atoms with Crippen molar-refractivity contribution in [2.24, 2.45) is 5.92 Å². The molecule has 0 saturated carbocycles. The molecule has 0 bridgehead atoms. The highest BCUT2D eigenvalue weighted by Gasteiger charge is 2.11. The van der Waals surface area contributed by atoms with Gasteiger partial charge in [0.1, 0.15) is 5.75 Å². The van der Waals surface area contributed by atoms with E-state index in [0.29, 0.717) is 22.9 Å². The van der Waals surface area contributed by atoms with Gasteiger partial charge in [0.15, 0.2) is 5.78 Å². The van der Waals surface area contributed by atoms with Crippen LogP contribution in [0.4, 0.5) is 5.69 Å². The standard InChI is InChI=1S/C13H19NO2/c1-8(2)10(4)16-11-5-6-13(14)12(7-11)9(3)15/h5-8,10H,14H2,1-4H3. The lowest BCUT2D eigenvalue weighted by Crippen LogP contribution is -2.18. The molecule has 3 nitrogen and oxygen atoms in total. The number of nitrogen functional groups attached to an aromatic ring is 1. The average molecular weight is 221 g/mol. The molecule has 1 rings (SSSR count). The van der Waals surface area contributed by atoms with Crippen molar-refractivity contribution < 1.29 is 9.53 Å². The minimum absolute atomic E-state index is 0.0415. The molecular weight excluding hydrogens is 202 g/mol. The van der Waals surface area contributed by atoms with E-state index in [9.17, 15) is 4.79 Å². The van der Waals surface area contributed by atoms with Gasteiger partial charge in [-0.25, -0.2) is 0 Å². The van der Waals surface area contributed by atoms with E-state index in [1.807, 2.05) is 6.92 Å². The third kappa shape index (κ3) is 2.99. The van der Waals surface area contributed by atoms with Crippen LogP contribution in [0.15, 0.2) is 18.2 Å². The molecule has 1 unspecified atom stereocenters. The van der Waals surface area contributed by atoms with Gasteiger partial charge in [-0.1, -0.05) is 13.8 Å². The lowest BCUT2D eigenvalue weighted by atomic mass is 10.1. The van der Waals surface area contributed by atoms with Crippen molar-refractivity contribution >= 4 is 11.5 Å². The number of carbonyl (C=O) groups excluding carboxylic acids is 1. The number of Topliss-reactive ketones (excluding diaryl/α,β-unsaturated/α-hetero) is 1. The second kappa shape index (κ2) is 5.01. The summed E-state index contributed by atoms with van der Waals surface area (Å²) in [5.74, 6) is 1.08. The molecule has 0 heterocycles. The Hall–Kier alpha value is -1.51. The Labute approximate surface area is 96.6 Å². The van der Waals surface area contributed by atoms with Gasteiger partial charge in [0, 0.05) is 11.3 Å². The fraction of sp³-hybridized carbons (Fsp3) is 0.462. The number of anilines is 1. The molecule has 0 aliphatic rings. The van der Waals surface area contributed by atoms with Crippen LogP contribution in [0.5, 0.6) is 5.75 Å². The summed E-state index contributed by atoms with van der Waals surface area (Å²) in [6.45, 7) is 7.69. The fourth-order valence-corrected chi connectivity index (χ4v) is 1.26. The molecule has 0 amide bonds. The van der Waals surface area contributed by atoms with Crippen LogP contribution in [0.2, 0.25) is 0 Å². The van der Waals surface area contributed by atoms with Gasteiger partial charge in [-0.3, -0.25) is 4.79 Å². The van der Waals surface area contributed by atoms with E-state index in [-0.39, 0.29) is 11.9 Å². The van der Waals surface area contributed by atoms with E-state index >= 15 is 0 Å². The summed E-state index contributed by atoms with van der Waals surface area (Å²) in [4.78, 5) is 11.3. The van der Waals surface area contributed by atoms with Crippen molar-refractivity contribution in [3.63, 3.8) is 0 Å². The van der Waals surface area contributed by atoms with Crippen LogP contribution in [0.3, 0.4) is 0 Å². The van der Waals surface area contributed by atoms with Crippen LogP contribution >= 0.6 is 0 Å². The molecule has 0 fully saturated rings. The fourth-order valence-electron chi connectivity index (χ4n) is 1.26. The highest BCUT2D eigenvalue weighted by Crippen LogP contribution is 2.22. The normalized spacial score (nSPS) is 12.6. The SMILES string of the molecule is CC(=O)c1cc(OC(C)C(C)C)ccc1N. The molecule has 0 radical (unpaired) electrons. The predicted octanol–water partition coefficient (Wildman–Crippen LogP) is 2.89. The Bertz CT molecular complexity index is 386. The molecule has 0 aliphatic carbocycles. The van der Waals surface area contributed by atoms with Gasteiger partial charge < -0.3 is 10.5 Å². The molecule has 0 aliphatic heterocycles. The Balaban J connectivity index is 2.91. The molecule has 1 aromatic rings. The summed E-state index contributed by atoms with van der Waals surface area (Å²) in [6.07, 6.45) is 0.114. The van der Waals surface area contributed by atoms with Gasteiger partial charge in [0.25, 0.3) is 0 Å². The molecule has 88 valence electrons. The second-order valence-electron chi connectivity index (χ2n) is 4.37. The van der Waals surface area contributed by atoms with Gasteiger partial charge >= 0.3 is 0 Å². The van der Waals surface area contributed by atoms with Gasteiger partial charge in [0.2, 0.25) is 0 Å². The Kier molecular flexibility index (Phi) is 3.93. The maximum absolute atomic E-state index is 11.3. The number of benzene rings is 1. The monoisotopic (exact) mass is 221 g/mol. The number of hydrogen-bond donors (Lipinski definition) is 1. The zero-order valence-electron chi connectivity index (χ0n) is 10.3. The number of nitrogens with two attached hydrogens (primary N) is 1. The summed E-state index contributed by atoms with van der Waals surface area (Å²) in [5, 5.41) is 0. The second-order valence-corrected chi connectivity index (χ2v) is 4.37. The van der Waals surface area contributed by atoms with Gasteiger partial charge in [-0.05, 0) is 38.0 Å². The lowest BCUT2D eigenvalue weighted by Gasteiger charge is -2.18. The number of carbonyl (C=O) groups is 1. The van der Waals surface area contributed by atoms with Crippen molar-refractivity contribution in [1.29, 1.82) is 0 Å². The zero-order valence-corrected chi connectivity index (χ0v) is 10.3. The van der Waals surface area contributed by atoms with Gasteiger partial charge in [-0.2, -0.15) is 0 Å². The quantitative estimate of drug-likeness (QED) is 0.628. The van der Waals surface area contributed by atoms with Crippen molar-refractivity contribution in [2.75, 3.05) is 5.73 Å². The highest BCUT2D eigenvalue weighted by atomic mass is 16.5. The Morgan fingerprint density at radius 2 is 1.94 bits per heavy atom. The summed E-state index contributed by atoms with van der Waals surface area (Å²) in [6, 6.07) is 5.20. The number of ether oxygens (including phenoxy) is 1. The maximum Gasteiger partial charge on any atom is 0.162 e. The van der Waals surface area contributed by atoms with Crippen LogP contribution in [0, 0.1) is 5.92 Å².